The van der Waals surface area contributed by atoms with Gasteiger partial charge in [0.1, 0.15) is 11.9 Å². The molecule has 5 rings (SSSR count). The molecule has 0 spiro atoms. The molecule has 3 aromatic carbocycles. The van der Waals surface area contributed by atoms with Crippen molar-refractivity contribution in [3.63, 3.8) is 0 Å². The number of esters is 1. The Morgan fingerprint density at radius 1 is 0.857 bits per heavy atom. The maximum atomic E-state index is 14.9. The number of carbonyl (C=O) groups excluding carboxylic acids is 1. The average molecular weight is 567 g/mol. The molecule has 2 aliphatic carbocycles. The minimum absolute atomic E-state index is 0.0467. The van der Waals surface area contributed by atoms with Crippen LogP contribution in [0.15, 0.2) is 72.8 Å². The highest BCUT2D eigenvalue weighted by Crippen LogP contribution is 2.40. The third-order valence-electron chi connectivity index (χ3n) is 9.77. The Labute approximate surface area is 252 Å². The minimum atomic E-state index is -0.418. The molecule has 2 aliphatic rings. The van der Waals surface area contributed by atoms with Crippen LogP contribution in [-0.4, -0.2) is 12.1 Å². The highest BCUT2D eigenvalue weighted by atomic mass is 19.1. The van der Waals surface area contributed by atoms with Gasteiger partial charge in [-0.15, -0.1) is 0 Å². The van der Waals surface area contributed by atoms with Crippen LogP contribution < -0.4 is 0 Å². The minimum Gasteiger partial charge on any atom is -0.459 e. The van der Waals surface area contributed by atoms with E-state index in [1.165, 1.54) is 62.1 Å². The lowest BCUT2D eigenvalue weighted by Gasteiger charge is -2.30. The lowest BCUT2D eigenvalue weighted by molar-refractivity contribution is 0.0161. The van der Waals surface area contributed by atoms with Gasteiger partial charge in [-0.05, 0) is 110 Å². The van der Waals surface area contributed by atoms with Gasteiger partial charge in [-0.2, -0.15) is 0 Å². The zero-order valence-electron chi connectivity index (χ0n) is 25.4. The SMILES string of the molecule is CCCC1CCC(OC(=O)c2ccc(C=Cc3ccc(C4CCC(C[C@H](C)c5ccccc5)CC4)cc3)c(F)c2)CC1. The van der Waals surface area contributed by atoms with Crippen molar-refractivity contribution in [1.82, 2.24) is 0 Å². The van der Waals surface area contributed by atoms with Crippen molar-refractivity contribution in [2.45, 2.75) is 102 Å². The van der Waals surface area contributed by atoms with Crippen LogP contribution >= 0.6 is 0 Å². The zero-order chi connectivity index (χ0) is 29.3. The highest BCUT2D eigenvalue weighted by molar-refractivity contribution is 5.90. The molecule has 0 heterocycles. The summed E-state index contributed by atoms with van der Waals surface area (Å²) in [6.07, 6.45) is 16.6. The molecule has 0 unspecified atom stereocenters. The number of halogens is 1. The van der Waals surface area contributed by atoms with Crippen molar-refractivity contribution < 1.29 is 13.9 Å². The topological polar surface area (TPSA) is 26.3 Å². The van der Waals surface area contributed by atoms with Crippen LogP contribution in [0.2, 0.25) is 0 Å². The van der Waals surface area contributed by atoms with E-state index in [0.717, 1.165) is 43.1 Å². The van der Waals surface area contributed by atoms with Crippen molar-refractivity contribution >= 4 is 18.1 Å². The van der Waals surface area contributed by atoms with Gasteiger partial charge in [0.25, 0.3) is 0 Å². The van der Waals surface area contributed by atoms with Crippen molar-refractivity contribution in [3.05, 3.63) is 106 Å². The van der Waals surface area contributed by atoms with Gasteiger partial charge in [0, 0.05) is 5.56 Å². The molecule has 2 nitrogen and oxygen atoms in total. The first-order valence-corrected chi connectivity index (χ1v) is 16.3. The Kier molecular flexibility index (Phi) is 10.7. The maximum Gasteiger partial charge on any atom is 0.338 e. The molecule has 2 saturated carbocycles. The van der Waals surface area contributed by atoms with Gasteiger partial charge in [0.05, 0.1) is 5.56 Å². The van der Waals surface area contributed by atoms with Crippen LogP contribution in [0.4, 0.5) is 4.39 Å². The van der Waals surface area contributed by atoms with E-state index < -0.39 is 11.8 Å². The molecule has 1 atom stereocenters. The first-order chi connectivity index (χ1) is 20.5. The van der Waals surface area contributed by atoms with Gasteiger partial charge in [0.15, 0.2) is 0 Å². The summed E-state index contributed by atoms with van der Waals surface area (Å²) in [5, 5.41) is 0. The van der Waals surface area contributed by atoms with E-state index in [0.29, 0.717) is 17.4 Å². The predicted molar refractivity (Wildman–Crippen MR) is 172 cm³/mol. The van der Waals surface area contributed by atoms with Crippen LogP contribution in [0.3, 0.4) is 0 Å². The standard InChI is InChI=1S/C39H47FO2/c1-3-7-29-15-24-37(25-16-29)42-39(41)36-23-22-35(38(40)27-36)21-12-30-10-17-33(18-11-30)34-19-13-31(14-20-34)26-28(2)32-8-5-4-6-9-32/h4-6,8-12,17-18,21-23,27-29,31,34,37H,3,7,13-16,19-20,24-26H2,1-2H3/t28-,29?,31?,34?,37?/m0/s1. The van der Waals surface area contributed by atoms with Crippen LogP contribution in [0.5, 0.6) is 0 Å². The summed E-state index contributed by atoms with van der Waals surface area (Å²) in [6, 6.07) is 24.3. The molecule has 0 amide bonds. The van der Waals surface area contributed by atoms with E-state index in [-0.39, 0.29) is 11.7 Å². The van der Waals surface area contributed by atoms with E-state index >= 15 is 0 Å². The second-order valence-corrected chi connectivity index (χ2v) is 12.8. The number of hydrogen-bond acceptors (Lipinski definition) is 2. The fourth-order valence-electron chi connectivity index (χ4n) is 7.17. The van der Waals surface area contributed by atoms with Gasteiger partial charge in [0.2, 0.25) is 0 Å². The van der Waals surface area contributed by atoms with Gasteiger partial charge < -0.3 is 4.74 Å². The number of benzene rings is 3. The Bertz CT molecular complexity index is 1300. The molecule has 2 fully saturated rings. The summed E-state index contributed by atoms with van der Waals surface area (Å²) >= 11 is 0. The van der Waals surface area contributed by atoms with Crippen LogP contribution in [0.25, 0.3) is 12.2 Å². The maximum absolute atomic E-state index is 14.9. The molecule has 0 aliphatic heterocycles. The molecular formula is C39H47FO2. The molecule has 0 N–H and O–H groups in total. The summed E-state index contributed by atoms with van der Waals surface area (Å²) in [5.74, 6) is 1.99. The predicted octanol–water partition coefficient (Wildman–Crippen LogP) is 11.0. The molecule has 42 heavy (non-hydrogen) atoms. The normalized spacial score (nSPS) is 23.5. The van der Waals surface area contributed by atoms with E-state index in [1.807, 2.05) is 6.08 Å². The van der Waals surface area contributed by atoms with E-state index in [9.17, 15) is 9.18 Å². The highest BCUT2D eigenvalue weighted by Gasteiger charge is 2.25. The Balaban J connectivity index is 1.09. The molecule has 0 saturated heterocycles. The molecule has 222 valence electrons. The lowest BCUT2D eigenvalue weighted by Crippen LogP contribution is -2.24. The second kappa shape index (κ2) is 14.8. The van der Waals surface area contributed by atoms with E-state index in [2.05, 4.69) is 68.4 Å². The first kappa shape index (κ1) is 30.3. The largest absolute Gasteiger partial charge is 0.459 e. The van der Waals surface area contributed by atoms with Gasteiger partial charge >= 0.3 is 5.97 Å². The van der Waals surface area contributed by atoms with Gasteiger partial charge in [-0.3, -0.25) is 0 Å². The monoisotopic (exact) mass is 566 g/mol. The fraction of sp³-hybridized carbons (Fsp3) is 0.462. The van der Waals surface area contributed by atoms with Crippen molar-refractivity contribution in [1.29, 1.82) is 0 Å². The van der Waals surface area contributed by atoms with E-state index in [4.69, 9.17) is 4.74 Å². The van der Waals surface area contributed by atoms with E-state index in [1.54, 1.807) is 18.2 Å². The molecular weight excluding hydrogens is 519 g/mol. The first-order valence-electron chi connectivity index (χ1n) is 16.3. The Hall–Kier alpha value is -3.20. The quantitative estimate of drug-likeness (QED) is 0.180. The Morgan fingerprint density at radius 3 is 2.21 bits per heavy atom. The summed E-state index contributed by atoms with van der Waals surface area (Å²) < 4.78 is 20.6. The van der Waals surface area contributed by atoms with Gasteiger partial charge in [-0.25, -0.2) is 9.18 Å². The number of ether oxygens (including phenoxy) is 1. The second-order valence-electron chi connectivity index (χ2n) is 12.8. The van der Waals surface area contributed by atoms with Crippen LogP contribution in [0.1, 0.15) is 129 Å². The summed E-state index contributed by atoms with van der Waals surface area (Å²) in [7, 11) is 0. The third kappa shape index (κ3) is 8.21. The number of rotatable bonds is 10. The van der Waals surface area contributed by atoms with Crippen molar-refractivity contribution in [2.75, 3.05) is 0 Å². The summed E-state index contributed by atoms with van der Waals surface area (Å²) in [5.41, 5.74) is 4.67. The lowest BCUT2D eigenvalue weighted by atomic mass is 9.75. The summed E-state index contributed by atoms with van der Waals surface area (Å²) in [4.78, 5) is 12.6. The number of hydrogen-bond donors (Lipinski definition) is 0. The van der Waals surface area contributed by atoms with Crippen molar-refractivity contribution in [2.24, 2.45) is 11.8 Å². The van der Waals surface area contributed by atoms with Crippen molar-refractivity contribution in [3.8, 4) is 0 Å². The smallest absolute Gasteiger partial charge is 0.338 e. The van der Waals surface area contributed by atoms with Crippen LogP contribution in [0, 0.1) is 17.7 Å². The van der Waals surface area contributed by atoms with Gasteiger partial charge in [-0.1, -0.05) is 99.5 Å². The fourth-order valence-corrected chi connectivity index (χ4v) is 7.17. The average Bonchev–Trinajstić information content (AvgIpc) is 3.02. The molecule has 0 radical (unpaired) electrons. The Morgan fingerprint density at radius 2 is 1.55 bits per heavy atom. The van der Waals surface area contributed by atoms with Crippen LogP contribution in [-0.2, 0) is 4.74 Å². The third-order valence-corrected chi connectivity index (χ3v) is 9.77. The molecule has 3 aromatic rings. The summed E-state index contributed by atoms with van der Waals surface area (Å²) in [6.45, 7) is 4.58. The molecule has 0 aromatic heterocycles. The number of carbonyl (C=O) groups is 1. The molecule has 3 heteroatoms. The molecule has 0 bridgehead atoms. The zero-order valence-corrected chi connectivity index (χ0v) is 25.4.